The monoisotopic (exact) mass is 266 g/mol. The molecule has 0 bridgehead atoms. The second-order valence-electron chi connectivity index (χ2n) is 3.91. The molecule has 0 amide bonds. The van der Waals surface area contributed by atoms with Crippen molar-refractivity contribution in [3.63, 3.8) is 0 Å². The largest absolute Gasteiger partial charge is 0.320 e. The lowest BCUT2D eigenvalue weighted by Crippen LogP contribution is -2.27. The van der Waals surface area contributed by atoms with Gasteiger partial charge in [-0.05, 0) is 24.6 Å². The molecule has 0 fully saturated rings. The summed E-state index contributed by atoms with van der Waals surface area (Å²) >= 11 is 0. The first kappa shape index (κ1) is 14.7. The van der Waals surface area contributed by atoms with Gasteiger partial charge in [-0.2, -0.15) is 0 Å². The van der Waals surface area contributed by atoms with Gasteiger partial charge in [0.05, 0.1) is 11.4 Å². The van der Waals surface area contributed by atoms with E-state index in [1.165, 1.54) is 4.31 Å². The number of nitrogens with zero attached hydrogens (tertiary/aromatic N) is 1. The Morgan fingerprint density at radius 2 is 2.06 bits per heavy atom. The first-order chi connectivity index (χ1) is 8.43. The van der Waals surface area contributed by atoms with Gasteiger partial charge in [-0.15, -0.1) is 0 Å². The Bertz CT molecular complexity index is 583. The minimum absolute atomic E-state index is 0.255. The molecule has 0 radical (unpaired) electrons. The van der Waals surface area contributed by atoms with Crippen LogP contribution in [0.3, 0.4) is 0 Å². The fraction of sp³-hybridized carbons (Fsp3) is 0.385. The molecule has 0 heterocycles. The van der Waals surface area contributed by atoms with Crippen molar-refractivity contribution in [2.45, 2.75) is 18.7 Å². The average Bonchev–Trinajstić information content (AvgIpc) is 2.36. The Balaban J connectivity index is 3.32. The van der Waals surface area contributed by atoms with Crippen molar-refractivity contribution in [3.8, 4) is 11.8 Å². The summed E-state index contributed by atoms with van der Waals surface area (Å²) in [6.07, 6.45) is 0. The van der Waals surface area contributed by atoms with Gasteiger partial charge in [-0.1, -0.05) is 24.8 Å². The molecule has 0 aliphatic carbocycles. The number of rotatable bonds is 3. The van der Waals surface area contributed by atoms with E-state index in [4.69, 9.17) is 5.73 Å². The van der Waals surface area contributed by atoms with E-state index in [2.05, 4.69) is 11.8 Å². The molecule has 0 aliphatic heterocycles. The van der Waals surface area contributed by atoms with Crippen LogP contribution in [0, 0.1) is 18.8 Å². The summed E-state index contributed by atoms with van der Waals surface area (Å²) < 4.78 is 25.8. The Labute approximate surface area is 109 Å². The first-order valence-electron chi connectivity index (χ1n) is 5.69. The third-order valence-electron chi connectivity index (χ3n) is 2.66. The number of hydrogen-bond acceptors (Lipinski definition) is 3. The summed E-state index contributed by atoms with van der Waals surface area (Å²) in [6, 6.07) is 5.15. The molecular formula is C13H18N2O2S. The molecule has 18 heavy (non-hydrogen) atoms. The van der Waals surface area contributed by atoms with Crippen LogP contribution in [0.15, 0.2) is 23.1 Å². The molecule has 1 aromatic carbocycles. The minimum atomic E-state index is -3.43. The zero-order chi connectivity index (χ0) is 13.8. The predicted molar refractivity (Wildman–Crippen MR) is 72.6 cm³/mol. The fourth-order valence-electron chi connectivity index (χ4n) is 1.45. The van der Waals surface area contributed by atoms with E-state index in [1.807, 2.05) is 0 Å². The van der Waals surface area contributed by atoms with E-state index < -0.39 is 10.0 Å². The van der Waals surface area contributed by atoms with Crippen LogP contribution in [0.5, 0.6) is 0 Å². The Morgan fingerprint density at radius 3 is 2.61 bits per heavy atom. The van der Waals surface area contributed by atoms with Crippen LogP contribution in [-0.4, -0.2) is 32.9 Å². The van der Waals surface area contributed by atoms with Crippen LogP contribution in [0.4, 0.5) is 0 Å². The summed E-state index contributed by atoms with van der Waals surface area (Å²) in [7, 11) is -1.87. The van der Waals surface area contributed by atoms with Crippen molar-refractivity contribution in [3.05, 3.63) is 29.3 Å². The zero-order valence-electron chi connectivity index (χ0n) is 10.9. The average molecular weight is 266 g/mol. The molecular weight excluding hydrogens is 248 g/mol. The number of sulfonamides is 1. The number of benzene rings is 1. The summed E-state index contributed by atoms with van der Waals surface area (Å²) in [4.78, 5) is 0.302. The highest BCUT2D eigenvalue weighted by atomic mass is 32.2. The van der Waals surface area contributed by atoms with E-state index in [0.717, 1.165) is 0 Å². The summed E-state index contributed by atoms with van der Waals surface area (Å²) in [5.41, 5.74) is 6.68. The highest BCUT2D eigenvalue weighted by Crippen LogP contribution is 2.20. The first-order valence-corrected chi connectivity index (χ1v) is 7.13. The number of aryl methyl sites for hydroxylation is 1. The van der Waals surface area contributed by atoms with Crippen molar-refractivity contribution in [1.82, 2.24) is 4.31 Å². The van der Waals surface area contributed by atoms with Crippen LogP contribution in [-0.2, 0) is 10.0 Å². The van der Waals surface area contributed by atoms with Crippen molar-refractivity contribution in [1.29, 1.82) is 0 Å². The molecule has 1 aromatic rings. The second-order valence-corrected chi connectivity index (χ2v) is 5.92. The van der Waals surface area contributed by atoms with E-state index in [-0.39, 0.29) is 6.54 Å². The van der Waals surface area contributed by atoms with Crippen molar-refractivity contribution in [2.75, 3.05) is 20.1 Å². The van der Waals surface area contributed by atoms with Gasteiger partial charge in [0.1, 0.15) is 0 Å². The normalized spacial score (nSPS) is 11.2. The van der Waals surface area contributed by atoms with Gasteiger partial charge in [-0.3, -0.25) is 0 Å². The zero-order valence-corrected chi connectivity index (χ0v) is 11.7. The van der Waals surface area contributed by atoms with E-state index in [9.17, 15) is 8.42 Å². The van der Waals surface area contributed by atoms with E-state index in [1.54, 1.807) is 39.1 Å². The standard InChI is InChI=1S/C13H18N2O2S/c1-4-15(3)18(16,17)13-10-12(6-5-9-14)8-7-11(13)2/h7-8,10H,4,9,14H2,1-3H3. The Hall–Kier alpha value is -1.35. The van der Waals surface area contributed by atoms with E-state index >= 15 is 0 Å². The van der Waals surface area contributed by atoms with Gasteiger partial charge in [0.25, 0.3) is 0 Å². The minimum Gasteiger partial charge on any atom is -0.320 e. The maximum absolute atomic E-state index is 12.3. The SMILES string of the molecule is CCN(C)S(=O)(=O)c1cc(C#CCN)ccc1C. The van der Waals surface area contributed by atoms with Crippen LogP contribution in [0.1, 0.15) is 18.1 Å². The van der Waals surface area contributed by atoms with Crippen LogP contribution >= 0.6 is 0 Å². The van der Waals surface area contributed by atoms with Gasteiger partial charge in [0.15, 0.2) is 0 Å². The molecule has 1 rings (SSSR count). The number of hydrogen-bond donors (Lipinski definition) is 1. The third kappa shape index (κ3) is 3.10. The molecule has 2 N–H and O–H groups in total. The molecule has 0 atom stereocenters. The van der Waals surface area contributed by atoms with Crippen LogP contribution < -0.4 is 5.73 Å². The molecule has 0 unspecified atom stereocenters. The second kappa shape index (κ2) is 6.01. The lowest BCUT2D eigenvalue weighted by atomic mass is 10.1. The molecule has 4 nitrogen and oxygen atoms in total. The molecule has 0 saturated carbocycles. The molecule has 0 saturated heterocycles. The van der Waals surface area contributed by atoms with Crippen molar-refractivity contribution >= 4 is 10.0 Å². The molecule has 5 heteroatoms. The predicted octanol–water partition coefficient (Wildman–Crippen LogP) is 0.946. The third-order valence-corrected chi connectivity index (χ3v) is 4.73. The Morgan fingerprint density at radius 1 is 1.39 bits per heavy atom. The van der Waals surface area contributed by atoms with Crippen molar-refractivity contribution < 1.29 is 8.42 Å². The smallest absolute Gasteiger partial charge is 0.243 e. The molecule has 0 spiro atoms. The fourth-order valence-corrected chi connectivity index (χ4v) is 2.87. The highest BCUT2D eigenvalue weighted by molar-refractivity contribution is 7.89. The summed E-state index contributed by atoms with van der Waals surface area (Å²) in [6.45, 7) is 4.26. The maximum Gasteiger partial charge on any atom is 0.243 e. The topological polar surface area (TPSA) is 63.4 Å². The van der Waals surface area contributed by atoms with Gasteiger partial charge in [-0.25, -0.2) is 12.7 Å². The lowest BCUT2D eigenvalue weighted by molar-refractivity contribution is 0.486. The molecule has 98 valence electrons. The number of nitrogens with two attached hydrogens (primary N) is 1. The van der Waals surface area contributed by atoms with E-state index in [0.29, 0.717) is 22.6 Å². The Kier molecular flexibility index (Phi) is 4.91. The van der Waals surface area contributed by atoms with Gasteiger partial charge in [0, 0.05) is 19.2 Å². The van der Waals surface area contributed by atoms with Crippen molar-refractivity contribution in [2.24, 2.45) is 5.73 Å². The summed E-state index contributed by atoms with van der Waals surface area (Å²) in [5, 5.41) is 0. The van der Waals surface area contributed by atoms with Gasteiger partial charge < -0.3 is 5.73 Å². The van der Waals surface area contributed by atoms with Gasteiger partial charge >= 0.3 is 0 Å². The quantitative estimate of drug-likeness (QED) is 0.828. The highest BCUT2D eigenvalue weighted by Gasteiger charge is 2.21. The molecule has 0 aliphatic rings. The van der Waals surface area contributed by atoms with Gasteiger partial charge in [0.2, 0.25) is 10.0 Å². The maximum atomic E-state index is 12.3. The summed E-state index contributed by atoms with van der Waals surface area (Å²) in [5.74, 6) is 5.56. The lowest BCUT2D eigenvalue weighted by Gasteiger charge is -2.16. The molecule has 0 aromatic heterocycles. The van der Waals surface area contributed by atoms with Crippen LogP contribution in [0.2, 0.25) is 0 Å². The van der Waals surface area contributed by atoms with Crippen LogP contribution in [0.25, 0.3) is 0 Å².